The molecule has 1 aromatic heterocycles. The van der Waals surface area contributed by atoms with Gasteiger partial charge in [0.25, 0.3) is 5.56 Å². The third kappa shape index (κ3) is 1.49. The lowest BCUT2D eigenvalue weighted by molar-refractivity contribution is 1.06. The SMILES string of the molecule is O=c1ccncn1SS. The fourth-order valence-electron chi connectivity index (χ4n) is 0.398. The van der Waals surface area contributed by atoms with Gasteiger partial charge < -0.3 is 0 Å². The standard InChI is InChI=1S/C4H4N2OS2/c7-4-1-2-5-3-6(4)9-8/h1-3,8H. The molecule has 1 aromatic rings. The molecule has 0 saturated carbocycles. The molecule has 9 heavy (non-hydrogen) atoms. The molecular formula is C4H4N2OS2. The van der Waals surface area contributed by atoms with Crippen LogP contribution in [0.15, 0.2) is 23.4 Å². The molecule has 1 heterocycles. The summed E-state index contributed by atoms with van der Waals surface area (Å²) in [5, 5.41) is 0. The Hall–Kier alpha value is -0.420. The summed E-state index contributed by atoms with van der Waals surface area (Å²) in [6, 6.07) is 1.38. The van der Waals surface area contributed by atoms with Gasteiger partial charge in [-0.3, -0.25) is 4.79 Å². The summed E-state index contributed by atoms with van der Waals surface area (Å²) in [5.41, 5.74) is -0.106. The predicted molar refractivity (Wildman–Crippen MR) is 40.5 cm³/mol. The van der Waals surface area contributed by atoms with Crippen LogP contribution < -0.4 is 5.56 Å². The van der Waals surface area contributed by atoms with E-state index in [1.54, 1.807) is 0 Å². The quantitative estimate of drug-likeness (QED) is 0.482. The summed E-state index contributed by atoms with van der Waals surface area (Å²) in [7, 11) is 1.03. The second kappa shape index (κ2) is 2.93. The number of hydrogen-bond acceptors (Lipinski definition) is 4. The lowest BCUT2D eigenvalue weighted by atomic mass is 10.7. The van der Waals surface area contributed by atoms with E-state index in [-0.39, 0.29) is 5.56 Å². The number of nitrogens with zero attached hydrogens (tertiary/aromatic N) is 2. The molecule has 0 aliphatic heterocycles. The highest BCUT2D eigenvalue weighted by Crippen LogP contribution is 2.02. The molecule has 0 atom stereocenters. The van der Waals surface area contributed by atoms with Gasteiger partial charge in [0, 0.05) is 23.2 Å². The average molecular weight is 160 g/mol. The van der Waals surface area contributed by atoms with Gasteiger partial charge in [0.05, 0.1) is 0 Å². The topological polar surface area (TPSA) is 34.9 Å². The van der Waals surface area contributed by atoms with Gasteiger partial charge in [-0.15, -0.1) is 0 Å². The highest BCUT2D eigenvalue weighted by atomic mass is 33.1. The molecule has 48 valence electrons. The second-order valence-electron chi connectivity index (χ2n) is 1.33. The number of hydrogen-bond donors (Lipinski definition) is 1. The summed E-state index contributed by atoms with van der Waals surface area (Å²) in [6.07, 6.45) is 2.86. The first-order valence-electron chi connectivity index (χ1n) is 2.19. The molecule has 0 aliphatic carbocycles. The van der Waals surface area contributed by atoms with Crippen LogP contribution in [-0.2, 0) is 0 Å². The molecule has 0 aliphatic rings. The minimum Gasteiger partial charge on any atom is -0.268 e. The van der Waals surface area contributed by atoms with Crippen molar-refractivity contribution in [1.82, 2.24) is 8.96 Å². The largest absolute Gasteiger partial charge is 0.268 e. The van der Waals surface area contributed by atoms with E-state index in [0.717, 1.165) is 11.0 Å². The van der Waals surface area contributed by atoms with Crippen LogP contribution in [0, 0.1) is 0 Å². The molecule has 0 saturated heterocycles. The molecule has 0 unspecified atom stereocenters. The summed E-state index contributed by atoms with van der Waals surface area (Å²) in [6.45, 7) is 0. The van der Waals surface area contributed by atoms with Crippen molar-refractivity contribution in [2.24, 2.45) is 0 Å². The van der Waals surface area contributed by atoms with Crippen LogP contribution in [0.5, 0.6) is 0 Å². The zero-order chi connectivity index (χ0) is 6.69. The first kappa shape index (κ1) is 6.70. The van der Waals surface area contributed by atoms with Crippen molar-refractivity contribution >= 4 is 22.6 Å². The van der Waals surface area contributed by atoms with Crippen molar-refractivity contribution in [1.29, 1.82) is 0 Å². The van der Waals surface area contributed by atoms with Crippen LogP contribution in [0.2, 0.25) is 0 Å². The normalized spacial score (nSPS) is 9.44. The van der Waals surface area contributed by atoms with E-state index in [0.29, 0.717) is 0 Å². The van der Waals surface area contributed by atoms with Crippen molar-refractivity contribution in [3.63, 3.8) is 0 Å². The Labute approximate surface area is 61.1 Å². The predicted octanol–water partition coefficient (Wildman–Crippen LogP) is 0.584. The minimum absolute atomic E-state index is 0.106. The number of rotatable bonds is 1. The summed E-state index contributed by atoms with van der Waals surface area (Å²) < 4.78 is 1.32. The second-order valence-corrected chi connectivity index (χ2v) is 2.37. The van der Waals surface area contributed by atoms with Crippen molar-refractivity contribution in [2.75, 3.05) is 0 Å². The van der Waals surface area contributed by atoms with E-state index in [2.05, 4.69) is 16.6 Å². The third-order valence-corrected chi connectivity index (χ3v) is 1.76. The Morgan fingerprint density at radius 2 is 2.56 bits per heavy atom. The molecule has 0 spiro atoms. The fourth-order valence-corrected chi connectivity index (χ4v) is 1.00. The Morgan fingerprint density at radius 3 is 3.00 bits per heavy atom. The third-order valence-electron chi connectivity index (χ3n) is 0.780. The molecule has 0 aromatic carbocycles. The minimum atomic E-state index is -0.106. The molecule has 0 bridgehead atoms. The molecule has 0 radical (unpaired) electrons. The molecule has 3 nitrogen and oxygen atoms in total. The van der Waals surface area contributed by atoms with Crippen LogP contribution in [0.4, 0.5) is 0 Å². The van der Waals surface area contributed by atoms with E-state index in [9.17, 15) is 4.79 Å². The highest BCUT2D eigenvalue weighted by Gasteiger charge is 1.87. The molecule has 0 N–H and O–H groups in total. The van der Waals surface area contributed by atoms with Crippen molar-refractivity contribution in [2.45, 2.75) is 0 Å². The van der Waals surface area contributed by atoms with Crippen LogP contribution in [-0.4, -0.2) is 8.96 Å². The van der Waals surface area contributed by atoms with Gasteiger partial charge in [-0.25, -0.2) is 8.96 Å². The maximum Gasteiger partial charge on any atom is 0.264 e. The Kier molecular flexibility index (Phi) is 2.18. The van der Waals surface area contributed by atoms with E-state index in [4.69, 9.17) is 0 Å². The zero-order valence-corrected chi connectivity index (χ0v) is 6.10. The van der Waals surface area contributed by atoms with Crippen molar-refractivity contribution < 1.29 is 0 Å². The first-order valence-corrected chi connectivity index (χ1v) is 4.02. The summed E-state index contributed by atoms with van der Waals surface area (Å²) >= 11 is 3.82. The van der Waals surface area contributed by atoms with E-state index < -0.39 is 0 Å². The van der Waals surface area contributed by atoms with Crippen LogP contribution in [0.25, 0.3) is 0 Å². The smallest absolute Gasteiger partial charge is 0.264 e. The average Bonchev–Trinajstić information content (AvgIpc) is 1.89. The van der Waals surface area contributed by atoms with Crippen LogP contribution in [0.1, 0.15) is 0 Å². The Morgan fingerprint density at radius 1 is 1.78 bits per heavy atom. The van der Waals surface area contributed by atoms with Crippen molar-refractivity contribution in [3.05, 3.63) is 28.9 Å². The molecule has 5 heteroatoms. The van der Waals surface area contributed by atoms with E-state index >= 15 is 0 Å². The maximum absolute atomic E-state index is 10.7. The fraction of sp³-hybridized carbons (Fsp3) is 0. The van der Waals surface area contributed by atoms with Gasteiger partial charge in [-0.1, -0.05) is 11.7 Å². The molecular weight excluding hydrogens is 156 g/mol. The molecule has 1 rings (SSSR count). The molecule has 0 fully saturated rings. The lowest BCUT2D eigenvalue weighted by Gasteiger charge is -1.92. The van der Waals surface area contributed by atoms with Gasteiger partial charge in [-0.2, -0.15) is 0 Å². The molecule has 0 amide bonds. The monoisotopic (exact) mass is 160 g/mol. The van der Waals surface area contributed by atoms with Gasteiger partial charge >= 0.3 is 0 Å². The zero-order valence-electron chi connectivity index (χ0n) is 4.39. The Bertz CT molecular complexity index is 246. The van der Waals surface area contributed by atoms with Gasteiger partial charge in [0.2, 0.25) is 0 Å². The lowest BCUT2D eigenvalue weighted by Crippen LogP contribution is -2.11. The number of thiol groups is 1. The van der Waals surface area contributed by atoms with Gasteiger partial charge in [-0.05, 0) is 0 Å². The summed E-state index contributed by atoms with van der Waals surface area (Å²) in [5.74, 6) is 0. The van der Waals surface area contributed by atoms with E-state index in [1.807, 2.05) is 0 Å². The van der Waals surface area contributed by atoms with Crippen LogP contribution in [0.3, 0.4) is 0 Å². The van der Waals surface area contributed by atoms with Gasteiger partial charge in [0.15, 0.2) is 0 Å². The van der Waals surface area contributed by atoms with Crippen LogP contribution >= 0.6 is 22.6 Å². The Balaban J connectivity index is 3.16. The maximum atomic E-state index is 10.7. The highest BCUT2D eigenvalue weighted by molar-refractivity contribution is 8.67. The van der Waals surface area contributed by atoms with Gasteiger partial charge in [0.1, 0.15) is 6.33 Å². The van der Waals surface area contributed by atoms with Crippen molar-refractivity contribution in [3.8, 4) is 0 Å². The summed E-state index contributed by atoms with van der Waals surface area (Å²) in [4.78, 5) is 14.4. The van der Waals surface area contributed by atoms with E-state index in [1.165, 1.54) is 22.6 Å². The first-order chi connectivity index (χ1) is 4.34. The number of aromatic nitrogens is 2.